The molecule has 6 heteroatoms. The molecule has 3 rings (SSSR count). The van der Waals surface area contributed by atoms with Gasteiger partial charge in [0.05, 0.1) is 12.3 Å². The molecule has 144 valence electrons. The molecule has 0 aliphatic heterocycles. The Balaban J connectivity index is 1.73. The Morgan fingerprint density at radius 1 is 1.04 bits per heavy atom. The molecule has 1 amide bonds. The highest BCUT2D eigenvalue weighted by molar-refractivity contribution is 6.03. The average molecular weight is 376 g/mol. The number of ether oxygens (including phenoxy) is 1. The van der Waals surface area contributed by atoms with E-state index in [2.05, 4.69) is 51.8 Å². The molecule has 3 aromatic rings. The van der Waals surface area contributed by atoms with Gasteiger partial charge in [-0.05, 0) is 44.5 Å². The van der Waals surface area contributed by atoms with E-state index in [4.69, 9.17) is 4.74 Å². The summed E-state index contributed by atoms with van der Waals surface area (Å²) >= 11 is 0. The number of nitrogens with zero attached hydrogens (tertiary/aromatic N) is 2. The summed E-state index contributed by atoms with van der Waals surface area (Å²) in [6.45, 7) is 6.89. The number of rotatable bonds is 7. The SMILES string of the molecule is CCOc1ccccc1NC(=O)c1cc(C)nc(NCc2ccc(C)cc2)n1. The molecule has 2 N–H and O–H groups in total. The highest BCUT2D eigenvalue weighted by Gasteiger charge is 2.13. The molecule has 0 saturated carbocycles. The van der Waals surface area contributed by atoms with Gasteiger partial charge in [-0.1, -0.05) is 42.0 Å². The second-order valence-corrected chi connectivity index (χ2v) is 6.44. The molecule has 0 aliphatic rings. The van der Waals surface area contributed by atoms with E-state index in [0.717, 1.165) is 5.56 Å². The van der Waals surface area contributed by atoms with E-state index in [1.54, 1.807) is 12.1 Å². The smallest absolute Gasteiger partial charge is 0.274 e. The Bertz CT molecular complexity index is 955. The first-order valence-electron chi connectivity index (χ1n) is 9.23. The molecule has 0 radical (unpaired) electrons. The Morgan fingerprint density at radius 2 is 1.79 bits per heavy atom. The minimum Gasteiger partial charge on any atom is -0.492 e. The highest BCUT2D eigenvalue weighted by atomic mass is 16.5. The third-order valence-electron chi connectivity index (χ3n) is 4.09. The first-order valence-corrected chi connectivity index (χ1v) is 9.23. The Morgan fingerprint density at radius 3 is 2.54 bits per heavy atom. The summed E-state index contributed by atoms with van der Waals surface area (Å²) in [6, 6.07) is 17.2. The van der Waals surface area contributed by atoms with Crippen molar-refractivity contribution in [3.8, 4) is 5.75 Å². The van der Waals surface area contributed by atoms with Crippen LogP contribution in [0.15, 0.2) is 54.6 Å². The standard InChI is InChI=1S/C22H24N4O2/c1-4-28-20-8-6-5-7-18(20)25-21(27)19-13-16(3)24-22(26-19)23-14-17-11-9-15(2)10-12-17/h5-13H,4,14H2,1-3H3,(H,25,27)(H,23,24,26). The number of carbonyl (C=O) groups is 1. The van der Waals surface area contributed by atoms with Crippen molar-refractivity contribution in [2.24, 2.45) is 0 Å². The maximum Gasteiger partial charge on any atom is 0.274 e. The molecule has 28 heavy (non-hydrogen) atoms. The molecule has 0 saturated heterocycles. The van der Waals surface area contributed by atoms with Gasteiger partial charge in [-0.2, -0.15) is 0 Å². The molecule has 0 unspecified atom stereocenters. The molecule has 1 heterocycles. The van der Waals surface area contributed by atoms with Crippen molar-refractivity contribution in [3.63, 3.8) is 0 Å². The molecule has 0 fully saturated rings. The Kier molecular flexibility index (Phi) is 6.22. The molecule has 1 aromatic heterocycles. The normalized spacial score (nSPS) is 10.4. The van der Waals surface area contributed by atoms with E-state index >= 15 is 0 Å². The number of para-hydroxylation sites is 2. The average Bonchev–Trinajstić information content (AvgIpc) is 2.69. The van der Waals surface area contributed by atoms with Gasteiger partial charge in [0.25, 0.3) is 5.91 Å². The third-order valence-corrected chi connectivity index (χ3v) is 4.09. The summed E-state index contributed by atoms with van der Waals surface area (Å²) in [7, 11) is 0. The van der Waals surface area contributed by atoms with Crippen LogP contribution in [-0.2, 0) is 6.54 Å². The molecule has 0 atom stereocenters. The van der Waals surface area contributed by atoms with Crippen LogP contribution < -0.4 is 15.4 Å². The third kappa shape index (κ3) is 5.07. The van der Waals surface area contributed by atoms with Gasteiger partial charge in [0.2, 0.25) is 5.95 Å². The zero-order chi connectivity index (χ0) is 19.9. The summed E-state index contributed by atoms with van der Waals surface area (Å²) in [5, 5.41) is 6.05. The van der Waals surface area contributed by atoms with Crippen LogP contribution in [0, 0.1) is 13.8 Å². The predicted molar refractivity (Wildman–Crippen MR) is 111 cm³/mol. The van der Waals surface area contributed by atoms with Crippen molar-refractivity contribution in [2.75, 3.05) is 17.2 Å². The topological polar surface area (TPSA) is 76.1 Å². The maximum absolute atomic E-state index is 12.7. The van der Waals surface area contributed by atoms with Crippen LogP contribution in [0.1, 0.15) is 34.2 Å². The summed E-state index contributed by atoms with van der Waals surface area (Å²) in [5.74, 6) is 0.738. The molecule has 0 aliphatic carbocycles. The highest BCUT2D eigenvalue weighted by Crippen LogP contribution is 2.24. The van der Waals surface area contributed by atoms with Crippen LogP contribution in [-0.4, -0.2) is 22.5 Å². The molecule has 0 spiro atoms. The largest absolute Gasteiger partial charge is 0.492 e. The number of anilines is 2. The van der Waals surface area contributed by atoms with E-state index < -0.39 is 0 Å². The summed E-state index contributed by atoms with van der Waals surface area (Å²) in [6.07, 6.45) is 0. The Labute approximate surface area is 165 Å². The van der Waals surface area contributed by atoms with Crippen molar-refractivity contribution >= 4 is 17.5 Å². The van der Waals surface area contributed by atoms with E-state index in [-0.39, 0.29) is 5.91 Å². The first-order chi connectivity index (χ1) is 13.5. The van der Waals surface area contributed by atoms with Gasteiger partial charge in [0.1, 0.15) is 11.4 Å². The number of benzene rings is 2. The number of hydrogen-bond donors (Lipinski definition) is 2. The van der Waals surface area contributed by atoms with Gasteiger partial charge in [-0.15, -0.1) is 0 Å². The van der Waals surface area contributed by atoms with Crippen LogP contribution >= 0.6 is 0 Å². The van der Waals surface area contributed by atoms with E-state index in [1.807, 2.05) is 32.0 Å². The lowest BCUT2D eigenvalue weighted by atomic mass is 10.1. The zero-order valence-electron chi connectivity index (χ0n) is 16.3. The quantitative estimate of drug-likeness (QED) is 0.641. The fourth-order valence-electron chi connectivity index (χ4n) is 2.69. The number of carbonyl (C=O) groups excluding carboxylic acids is 1. The summed E-state index contributed by atoms with van der Waals surface area (Å²) in [4.78, 5) is 21.4. The van der Waals surface area contributed by atoms with Gasteiger partial charge in [0.15, 0.2) is 0 Å². The number of amides is 1. The van der Waals surface area contributed by atoms with Crippen LogP contribution in [0.5, 0.6) is 5.75 Å². The maximum atomic E-state index is 12.7. The van der Waals surface area contributed by atoms with Gasteiger partial charge in [-0.3, -0.25) is 4.79 Å². The number of aromatic nitrogens is 2. The fraction of sp³-hybridized carbons (Fsp3) is 0.227. The number of hydrogen-bond acceptors (Lipinski definition) is 5. The minimum absolute atomic E-state index is 0.296. The van der Waals surface area contributed by atoms with Crippen molar-refractivity contribution in [2.45, 2.75) is 27.3 Å². The predicted octanol–water partition coefficient (Wildman–Crippen LogP) is 4.36. The van der Waals surface area contributed by atoms with Crippen LogP contribution in [0.2, 0.25) is 0 Å². The Hall–Kier alpha value is -3.41. The molecule has 2 aromatic carbocycles. The second-order valence-electron chi connectivity index (χ2n) is 6.44. The molecular formula is C22H24N4O2. The van der Waals surface area contributed by atoms with Crippen molar-refractivity contribution in [1.29, 1.82) is 0 Å². The first kappa shape index (κ1) is 19.4. The van der Waals surface area contributed by atoms with Crippen molar-refractivity contribution < 1.29 is 9.53 Å². The van der Waals surface area contributed by atoms with Crippen molar-refractivity contribution in [3.05, 3.63) is 77.1 Å². The second kappa shape index (κ2) is 8.99. The summed E-state index contributed by atoms with van der Waals surface area (Å²) in [5.41, 5.74) is 3.95. The number of nitrogens with one attached hydrogen (secondary N) is 2. The number of aryl methyl sites for hydroxylation is 2. The lowest BCUT2D eigenvalue weighted by Crippen LogP contribution is -2.16. The van der Waals surface area contributed by atoms with Gasteiger partial charge in [0, 0.05) is 12.2 Å². The van der Waals surface area contributed by atoms with Crippen LogP contribution in [0.4, 0.5) is 11.6 Å². The van der Waals surface area contributed by atoms with Crippen LogP contribution in [0.25, 0.3) is 0 Å². The minimum atomic E-state index is -0.309. The molecule has 6 nitrogen and oxygen atoms in total. The lowest BCUT2D eigenvalue weighted by molar-refractivity contribution is 0.102. The van der Waals surface area contributed by atoms with Crippen molar-refractivity contribution in [1.82, 2.24) is 9.97 Å². The van der Waals surface area contributed by atoms with Gasteiger partial charge < -0.3 is 15.4 Å². The molecular weight excluding hydrogens is 352 g/mol. The van der Waals surface area contributed by atoms with Gasteiger partial charge in [-0.25, -0.2) is 9.97 Å². The fourth-order valence-corrected chi connectivity index (χ4v) is 2.69. The van der Waals surface area contributed by atoms with E-state index in [1.165, 1.54) is 5.56 Å². The van der Waals surface area contributed by atoms with Crippen LogP contribution in [0.3, 0.4) is 0 Å². The van der Waals surface area contributed by atoms with Gasteiger partial charge >= 0.3 is 0 Å². The van der Waals surface area contributed by atoms with E-state index in [9.17, 15) is 4.79 Å². The van der Waals surface area contributed by atoms with E-state index in [0.29, 0.717) is 41.9 Å². The lowest BCUT2D eigenvalue weighted by Gasteiger charge is -2.12. The molecule has 0 bridgehead atoms. The zero-order valence-corrected chi connectivity index (χ0v) is 16.3. The summed E-state index contributed by atoms with van der Waals surface area (Å²) < 4.78 is 5.56. The monoisotopic (exact) mass is 376 g/mol.